The minimum atomic E-state index is 0.298. The molecule has 17 heavy (non-hydrogen) atoms. The molecule has 1 aromatic carbocycles. The molecule has 4 heteroatoms. The fraction of sp³-hybridized carbons (Fsp3) is 0.154. The molecule has 0 aliphatic heterocycles. The Hall–Kier alpha value is -2.41. The maximum atomic E-state index is 8.66. The van der Waals surface area contributed by atoms with Crippen molar-refractivity contribution in [3.8, 4) is 6.07 Å². The van der Waals surface area contributed by atoms with E-state index < -0.39 is 0 Å². The number of nitriles is 1. The van der Waals surface area contributed by atoms with Gasteiger partial charge in [-0.3, -0.25) is 0 Å². The van der Waals surface area contributed by atoms with Gasteiger partial charge in [0.25, 0.3) is 0 Å². The van der Waals surface area contributed by atoms with Gasteiger partial charge in [0.2, 0.25) is 5.95 Å². The second-order valence-electron chi connectivity index (χ2n) is 3.65. The van der Waals surface area contributed by atoms with E-state index in [0.29, 0.717) is 12.4 Å². The molecule has 1 N–H and O–H groups in total. The number of rotatable bonds is 3. The zero-order valence-electron chi connectivity index (χ0n) is 9.51. The fourth-order valence-electron chi connectivity index (χ4n) is 1.51. The fourth-order valence-corrected chi connectivity index (χ4v) is 1.51. The van der Waals surface area contributed by atoms with Crippen molar-refractivity contribution < 1.29 is 0 Å². The Morgan fingerprint density at radius 2 is 2.00 bits per heavy atom. The Morgan fingerprint density at radius 1 is 1.24 bits per heavy atom. The number of aromatic nitrogens is 2. The van der Waals surface area contributed by atoms with Crippen LogP contribution in [0.1, 0.15) is 11.4 Å². The first kappa shape index (κ1) is 11.1. The third-order valence-corrected chi connectivity index (χ3v) is 2.20. The van der Waals surface area contributed by atoms with Crippen molar-refractivity contribution in [2.45, 2.75) is 13.3 Å². The van der Waals surface area contributed by atoms with Gasteiger partial charge in [-0.15, -0.1) is 0 Å². The molecule has 4 nitrogen and oxygen atoms in total. The second kappa shape index (κ2) is 5.08. The predicted octanol–water partition coefficient (Wildman–Crippen LogP) is 2.59. The lowest BCUT2D eigenvalue weighted by atomic mass is 10.3. The number of anilines is 2. The van der Waals surface area contributed by atoms with Crippen LogP contribution < -0.4 is 5.32 Å². The first-order chi connectivity index (χ1) is 8.28. The lowest BCUT2D eigenvalue weighted by Gasteiger charge is -2.06. The maximum absolute atomic E-state index is 8.66. The van der Waals surface area contributed by atoms with Crippen LogP contribution in [-0.4, -0.2) is 9.97 Å². The zero-order valence-corrected chi connectivity index (χ0v) is 9.51. The summed E-state index contributed by atoms with van der Waals surface area (Å²) < 4.78 is 0. The second-order valence-corrected chi connectivity index (χ2v) is 3.65. The number of benzene rings is 1. The SMILES string of the molecule is Cc1cc(CC#N)nc(Nc2ccccc2)n1. The highest BCUT2D eigenvalue weighted by atomic mass is 15.1. The summed E-state index contributed by atoms with van der Waals surface area (Å²) in [5, 5.41) is 11.8. The van der Waals surface area contributed by atoms with E-state index in [2.05, 4.69) is 21.4 Å². The van der Waals surface area contributed by atoms with E-state index in [1.165, 1.54) is 0 Å². The highest BCUT2D eigenvalue weighted by Crippen LogP contribution is 2.13. The Labute approximate surface area is 100.0 Å². The molecule has 84 valence electrons. The zero-order chi connectivity index (χ0) is 12.1. The van der Waals surface area contributed by atoms with Gasteiger partial charge in [-0.05, 0) is 25.1 Å². The summed E-state index contributed by atoms with van der Waals surface area (Å²) in [5.41, 5.74) is 2.52. The number of aryl methyl sites for hydroxylation is 1. The Morgan fingerprint density at radius 3 is 2.71 bits per heavy atom. The van der Waals surface area contributed by atoms with Crippen LogP contribution in [0.15, 0.2) is 36.4 Å². The van der Waals surface area contributed by atoms with Crippen molar-refractivity contribution in [2.75, 3.05) is 5.32 Å². The quantitative estimate of drug-likeness (QED) is 0.870. The maximum Gasteiger partial charge on any atom is 0.227 e. The summed E-state index contributed by atoms with van der Waals surface area (Å²) in [7, 11) is 0. The van der Waals surface area contributed by atoms with Gasteiger partial charge in [-0.2, -0.15) is 5.26 Å². The van der Waals surface area contributed by atoms with Gasteiger partial charge in [-0.25, -0.2) is 9.97 Å². The first-order valence-electron chi connectivity index (χ1n) is 5.31. The molecule has 0 saturated heterocycles. The third-order valence-electron chi connectivity index (χ3n) is 2.20. The summed E-state index contributed by atoms with van der Waals surface area (Å²) in [6, 6.07) is 13.6. The van der Waals surface area contributed by atoms with E-state index in [1.54, 1.807) is 0 Å². The number of hydrogen-bond acceptors (Lipinski definition) is 4. The van der Waals surface area contributed by atoms with Crippen molar-refractivity contribution in [1.82, 2.24) is 9.97 Å². The standard InChI is InChI=1S/C13H12N4/c1-10-9-12(7-8-14)17-13(15-10)16-11-5-3-2-4-6-11/h2-6,9H,7H2,1H3,(H,15,16,17). The molecule has 0 radical (unpaired) electrons. The van der Waals surface area contributed by atoms with Crippen molar-refractivity contribution >= 4 is 11.6 Å². The molecule has 0 aliphatic rings. The molecule has 0 atom stereocenters. The lowest BCUT2D eigenvalue weighted by Crippen LogP contribution is -2.01. The van der Waals surface area contributed by atoms with Crippen LogP contribution >= 0.6 is 0 Å². The first-order valence-corrected chi connectivity index (χ1v) is 5.31. The van der Waals surface area contributed by atoms with Gasteiger partial charge in [0.1, 0.15) is 0 Å². The largest absolute Gasteiger partial charge is 0.324 e. The Balaban J connectivity index is 2.24. The molecule has 2 aromatic rings. The van der Waals surface area contributed by atoms with Crippen LogP contribution in [0.5, 0.6) is 0 Å². The highest BCUT2D eigenvalue weighted by Gasteiger charge is 2.02. The van der Waals surface area contributed by atoms with Gasteiger partial charge in [0, 0.05) is 11.4 Å². The number of para-hydroxylation sites is 1. The van der Waals surface area contributed by atoms with E-state index in [1.807, 2.05) is 43.3 Å². The number of nitrogens with one attached hydrogen (secondary N) is 1. The summed E-state index contributed by atoms with van der Waals surface area (Å²) in [5.74, 6) is 0.529. The van der Waals surface area contributed by atoms with E-state index in [4.69, 9.17) is 5.26 Å². The van der Waals surface area contributed by atoms with E-state index in [0.717, 1.165) is 17.1 Å². The van der Waals surface area contributed by atoms with Crippen molar-refractivity contribution in [3.05, 3.63) is 47.8 Å². The van der Waals surface area contributed by atoms with Crippen molar-refractivity contribution in [2.24, 2.45) is 0 Å². The highest BCUT2D eigenvalue weighted by molar-refractivity contribution is 5.52. The summed E-state index contributed by atoms with van der Waals surface area (Å²) >= 11 is 0. The molecular weight excluding hydrogens is 212 g/mol. The third kappa shape index (κ3) is 3.02. The van der Waals surface area contributed by atoms with E-state index >= 15 is 0 Å². The average molecular weight is 224 g/mol. The van der Waals surface area contributed by atoms with Crippen LogP contribution in [0.4, 0.5) is 11.6 Å². The minimum absolute atomic E-state index is 0.298. The summed E-state index contributed by atoms with van der Waals surface area (Å²) in [6.07, 6.45) is 0.298. The molecule has 0 bridgehead atoms. The summed E-state index contributed by atoms with van der Waals surface area (Å²) in [4.78, 5) is 8.55. The Bertz CT molecular complexity index is 543. The molecule has 0 amide bonds. The summed E-state index contributed by atoms with van der Waals surface area (Å²) in [6.45, 7) is 1.89. The van der Waals surface area contributed by atoms with Gasteiger partial charge >= 0.3 is 0 Å². The average Bonchev–Trinajstić information content (AvgIpc) is 2.30. The van der Waals surface area contributed by atoms with E-state index in [-0.39, 0.29) is 0 Å². The molecule has 1 heterocycles. The number of nitrogens with zero attached hydrogens (tertiary/aromatic N) is 3. The number of hydrogen-bond donors (Lipinski definition) is 1. The molecule has 0 unspecified atom stereocenters. The molecule has 2 rings (SSSR count). The van der Waals surface area contributed by atoms with Crippen molar-refractivity contribution in [1.29, 1.82) is 5.26 Å². The monoisotopic (exact) mass is 224 g/mol. The van der Waals surface area contributed by atoms with Gasteiger partial charge in [-0.1, -0.05) is 18.2 Å². The van der Waals surface area contributed by atoms with Crippen LogP contribution in [-0.2, 0) is 6.42 Å². The van der Waals surface area contributed by atoms with E-state index in [9.17, 15) is 0 Å². The molecule has 0 spiro atoms. The molecule has 0 aliphatic carbocycles. The normalized spacial score (nSPS) is 9.65. The molecule has 0 fully saturated rings. The Kier molecular flexibility index (Phi) is 3.31. The lowest BCUT2D eigenvalue weighted by molar-refractivity contribution is 1.03. The van der Waals surface area contributed by atoms with Gasteiger partial charge in [0.05, 0.1) is 18.2 Å². The predicted molar refractivity (Wildman–Crippen MR) is 65.8 cm³/mol. The van der Waals surface area contributed by atoms with Crippen molar-refractivity contribution in [3.63, 3.8) is 0 Å². The van der Waals surface area contributed by atoms with Gasteiger partial charge < -0.3 is 5.32 Å². The topological polar surface area (TPSA) is 61.6 Å². The molecule has 1 aromatic heterocycles. The van der Waals surface area contributed by atoms with Crippen LogP contribution in [0, 0.1) is 18.3 Å². The van der Waals surface area contributed by atoms with Gasteiger partial charge in [0.15, 0.2) is 0 Å². The molecule has 0 saturated carbocycles. The minimum Gasteiger partial charge on any atom is -0.324 e. The smallest absolute Gasteiger partial charge is 0.227 e. The van der Waals surface area contributed by atoms with Crippen LogP contribution in [0.25, 0.3) is 0 Å². The van der Waals surface area contributed by atoms with Crippen LogP contribution in [0.2, 0.25) is 0 Å². The van der Waals surface area contributed by atoms with Crippen LogP contribution in [0.3, 0.4) is 0 Å². The molecular formula is C13H12N4.